The highest BCUT2D eigenvalue weighted by molar-refractivity contribution is 7.18. The number of para-hydroxylation sites is 1. The van der Waals surface area contributed by atoms with Crippen molar-refractivity contribution in [1.82, 2.24) is 10.3 Å². The van der Waals surface area contributed by atoms with Gasteiger partial charge in [0.1, 0.15) is 6.04 Å². The summed E-state index contributed by atoms with van der Waals surface area (Å²) < 4.78 is 1.22. The highest BCUT2D eigenvalue weighted by Crippen LogP contribution is 2.28. The van der Waals surface area contributed by atoms with E-state index in [0.717, 1.165) is 35.5 Å². The van der Waals surface area contributed by atoms with Crippen molar-refractivity contribution < 1.29 is 9.69 Å². The van der Waals surface area contributed by atoms with Crippen LogP contribution in [0.3, 0.4) is 0 Å². The molecule has 0 radical (unpaired) electrons. The fourth-order valence-corrected chi connectivity index (χ4v) is 4.95. The molecule has 0 saturated carbocycles. The second-order valence-electron chi connectivity index (χ2n) is 6.71. The molecular formula is C20H21ClN3OS+. The molecule has 6 heteroatoms. The third-order valence-electron chi connectivity index (χ3n) is 4.86. The highest BCUT2D eigenvalue weighted by Gasteiger charge is 2.33. The molecule has 1 amide bonds. The summed E-state index contributed by atoms with van der Waals surface area (Å²) >= 11 is 7.75. The number of carbonyl (C=O) groups is 1. The molecule has 1 aliphatic rings. The largest absolute Gasteiger partial charge is 0.347 e. The minimum atomic E-state index is 0.0768. The average molecular weight is 387 g/mol. The lowest BCUT2D eigenvalue weighted by Crippen LogP contribution is -3.11. The van der Waals surface area contributed by atoms with Gasteiger partial charge >= 0.3 is 0 Å². The highest BCUT2D eigenvalue weighted by atomic mass is 35.5. The normalized spacial score (nSPS) is 19.7. The lowest BCUT2D eigenvalue weighted by Gasteiger charge is -2.19. The first-order valence-corrected chi connectivity index (χ1v) is 10.1. The number of fused-ring (bicyclic) bond motifs is 1. The van der Waals surface area contributed by atoms with Crippen LogP contribution in [0.1, 0.15) is 29.5 Å². The molecule has 2 atom stereocenters. The minimum absolute atomic E-state index is 0.0768. The number of halogens is 1. The maximum absolute atomic E-state index is 12.4. The molecule has 4 nitrogen and oxygen atoms in total. The van der Waals surface area contributed by atoms with Crippen LogP contribution in [0.2, 0.25) is 5.02 Å². The Kier molecular flexibility index (Phi) is 5.20. The van der Waals surface area contributed by atoms with Gasteiger partial charge in [-0.3, -0.25) is 4.79 Å². The van der Waals surface area contributed by atoms with E-state index in [4.69, 9.17) is 16.6 Å². The molecule has 1 fully saturated rings. The zero-order chi connectivity index (χ0) is 17.9. The zero-order valence-corrected chi connectivity index (χ0v) is 15.9. The van der Waals surface area contributed by atoms with E-state index in [2.05, 4.69) is 17.4 Å². The van der Waals surface area contributed by atoms with Crippen molar-refractivity contribution in [2.45, 2.75) is 25.4 Å². The van der Waals surface area contributed by atoms with Crippen molar-refractivity contribution in [1.29, 1.82) is 0 Å². The number of nitrogens with one attached hydrogen (secondary N) is 2. The summed E-state index contributed by atoms with van der Waals surface area (Å²) in [6, 6.07) is 16.2. The zero-order valence-electron chi connectivity index (χ0n) is 14.4. The van der Waals surface area contributed by atoms with Crippen molar-refractivity contribution >= 4 is 39.1 Å². The van der Waals surface area contributed by atoms with E-state index in [1.54, 1.807) is 11.3 Å². The number of hydrogen-bond donors (Lipinski definition) is 2. The number of carbonyl (C=O) groups excluding carboxylic acids is 1. The predicted octanol–water partition coefficient (Wildman–Crippen LogP) is 2.99. The number of hydrogen-bond acceptors (Lipinski definition) is 3. The molecule has 1 unspecified atom stereocenters. The Morgan fingerprint density at radius 3 is 3.00 bits per heavy atom. The van der Waals surface area contributed by atoms with Gasteiger partial charge in [-0.1, -0.05) is 35.9 Å². The summed E-state index contributed by atoms with van der Waals surface area (Å²) in [6.45, 7) is 2.02. The van der Waals surface area contributed by atoms with Gasteiger partial charge in [-0.25, -0.2) is 4.98 Å². The molecular weight excluding hydrogens is 366 g/mol. The summed E-state index contributed by atoms with van der Waals surface area (Å²) in [4.78, 5) is 18.5. The van der Waals surface area contributed by atoms with E-state index >= 15 is 0 Å². The van der Waals surface area contributed by atoms with E-state index in [1.165, 1.54) is 9.60 Å². The van der Waals surface area contributed by atoms with Gasteiger partial charge in [0.25, 0.3) is 5.91 Å². The summed E-state index contributed by atoms with van der Waals surface area (Å²) in [5.41, 5.74) is 2.08. The molecule has 0 spiro atoms. The van der Waals surface area contributed by atoms with Crippen LogP contribution in [0.5, 0.6) is 0 Å². The van der Waals surface area contributed by atoms with E-state index in [9.17, 15) is 4.79 Å². The van der Waals surface area contributed by atoms with Crippen molar-refractivity contribution in [2.75, 3.05) is 13.1 Å². The van der Waals surface area contributed by atoms with Crippen LogP contribution in [-0.2, 0) is 11.3 Å². The molecule has 1 saturated heterocycles. The van der Waals surface area contributed by atoms with Crippen LogP contribution in [0.25, 0.3) is 10.2 Å². The van der Waals surface area contributed by atoms with Crippen molar-refractivity contribution in [3.8, 4) is 0 Å². The number of benzene rings is 2. The maximum Gasteiger partial charge on any atom is 0.275 e. The van der Waals surface area contributed by atoms with Crippen molar-refractivity contribution in [3.63, 3.8) is 0 Å². The monoisotopic (exact) mass is 386 g/mol. The number of thiazole rings is 1. The molecule has 2 N–H and O–H groups in total. The molecule has 2 heterocycles. The third-order valence-corrected chi connectivity index (χ3v) is 6.24. The lowest BCUT2D eigenvalue weighted by atomic mass is 10.2. The molecule has 1 aliphatic heterocycles. The van der Waals surface area contributed by atoms with Crippen LogP contribution in [0, 0.1) is 0 Å². The number of nitrogens with zero attached hydrogens (tertiary/aromatic N) is 1. The second kappa shape index (κ2) is 7.74. The predicted molar refractivity (Wildman–Crippen MR) is 106 cm³/mol. The second-order valence-corrected chi connectivity index (χ2v) is 8.20. The number of aromatic nitrogens is 1. The summed E-state index contributed by atoms with van der Waals surface area (Å²) in [5, 5.41) is 4.86. The van der Waals surface area contributed by atoms with Crippen LogP contribution in [0.15, 0.2) is 48.5 Å². The fourth-order valence-electron chi connectivity index (χ4n) is 3.58. The van der Waals surface area contributed by atoms with Crippen LogP contribution in [0.4, 0.5) is 0 Å². The number of rotatable bonds is 5. The molecule has 2 aromatic carbocycles. The van der Waals surface area contributed by atoms with Crippen LogP contribution >= 0.6 is 22.9 Å². The van der Waals surface area contributed by atoms with E-state index < -0.39 is 0 Å². The Labute approximate surface area is 161 Å². The van der Waals surface area contributed by atoms with Gasteiger partial charge in [-0.05, 0) is 29.8 Å². The minimum Gasteiger partial charge on any atom is -0.347 e. The Hall–Kier alpha value is -1.95. The summed E-state index contributed by atoms with van der Waals surface area (Å²) in [7, 11) is 0. The topological polar surface area (TPSA) is 46.4 Å². The fraction of sp³-hybridized carbons (Fsp3) is 0.300. The quantitative estimate of drug-likeness (QED) is 0.708. The Morgan fingerprint density at radius 2 is 2.15 bits per heavy atom. The molecule has 1 aromatic heterocycles. The first-order chi connectivity index (χ1) is 12.7. The molecule has 134 valence electrons. The van der Waals surface area contributed by atoms with Gasteiger partial charge in [-0.15, -0.1) is 11.3 Å². The standard InChI is InChI=1S/C20H20ClN3OS/c21-15-6-3-5-14(11-15)12-22-19(25)13-24-10-4-8-17(24)20-23-16-7-1-2-9-18(16)26-20/h1-3,5-7,9,11,17H,4,8,10,12-13H2,(H,22,25)/p+1/t17-/m0/s1. The summed E-state index contributed by atoms with van der Waals surface area (Å²) in [5.74, 6) is 0.0768. The molecule has 0 bridgehead atoms. The molecule has 3 aromatic rings. The van der Waals surface area contributed by atoms with Gasteiger partial charge in [-0.2, -0.15) is 0 Å². The van der Waals surface area contributed by atoms with Gasteiger partial charge in [0.05, 0.1) is 16.8 Å². The molecule has 0 aliphatic carbocycles. The van der Waals surface area contributed by atoms with E-state index in [0.29, 0.717) is 24.2 Å². The smallest absolute Gasteiger partial charge is 0.275 e. The molecule has 26 heavy (non-hydrogen) atoms. The lowest BCUT2D eigenvalue weighted by molar-refractivity contribution is -0.910. The number of quaternary nitrogens is 1. The van der Waals surface area contributed by atoms with E-state index in [1.807, 2.05) is 36.4 Å². The Bertz CT molecular complexity index is 893. The number of amides is 1. The SMILES string of the molecule is O=C(C[NH+]1CCC[C@H]1c1nc2ccccc2s1)NCc1cccc(Cl)c1. The summed E-state index contributed by atoms with van der Waals surface area (Å²) in [6.07, 6.45) is 2.23. The van der Waals surface area contributed by atoms with E-state index in [-0.39, 0.29) is 5.91 Å². The van der Waals surface area contributed by atoms with Gasteiger partial charge < -0.3 is 10.2 Å². The van der Waals surface area contributed by atoms with Crippen LogP contribution < -0.4 is 10.2 Å². The van der Waals surface area contributed by atoms with Gasteiger partial charge in [0.15, 0.2) is 11.6 Å². The first kappa shape index (κ1) is 17.5. The Morgan fingerprint density at radius 1 is 1.27 bits per heavy atom. The maximum atomic E-state index is 12.4. The third kappa shape index (κ3) is 3.90. The van der Waals surface area contributed by atoms with Crippen LogP contribution in [-0.4, -0.2) is 24.0 Å². The first-order valence-electron chi connectivity index (χ1n) is 8.90. The average Bonchev–Trinajstić information content (AvgIpc) is 3.26. The van der Waals surface area contributed by atoms with Gasteiger partial charge in [0, 0.05) is 24.4 Å². The van der Waals surface area contributed by atoms with Crippen molar-refractivity contribution in [2.24, 2.45) is 0 Å². The Balaban J connectivity index is 1.39. The number of likely N-dealkylation sites (tertiary alicyclic amines) is 1. The molecule has 4 rings (SSSR count). The van der Waals surface area contributed by atoms with Crippen molar-refractivity contribution in [3.05, 3.63) is 64.1 Å². The van der Waals surface area contributed by atoms with Gasteiger partial charge in [0.2, 0.25) is 0 Å².